The molecule has 122 valence electrons. The van der Waals surface area contributed by atoms with Gasteiger partial charge in [0.25, 0.3) is 5.22 Å². The van der Waals surface area contributed by atoms with Crippen LogP contribution in [0.25, 0.3) is 11.5 Å². The van der Waals surface area contributed by atoms with Crippen molar-refractivity contribution in [1.82, 2.24) is 15.2 Å². The fourth-order valence-electron chi connectivity index (χ4n) is 1.73. The number of hydrogen-bond acceptors (Lipinski definition) is 6. The first-order chi connectivity index (χ1) is 11.6. The first kappa shape index (κ1) is 16.6. The van der Waals surface area contributed by atoms with Gasteiger partial charge in [0.2, 0.25) is 11.8 Å². The van der Waals surface area contributed by atoms with E-state index in [-0.39, 0.29) is 28.6 Å². The molecular formula is C15H10BrFN4O2S. The van der Waals surface area contributed by atoms with Crippen molar-refractivity contribution < 1.29 is 13.6 Å². The molecule has 0 atom stereocenters. The van der Waals surface area contributed by atoms with E-state index in [1.54, 1.807) is 30.5 Å². The molecule has 0 aliphatic carbocycles. The molecule has 0 saturated heterocycles. The highest BCUT2D eigenvalue weighted by Crippen LogP contribution is 2.23. The van der Waals surface area contributed by atoms with E-state index >= 15 is 0 Å². The number of carbonyl (C=O) groups is 1. The first-order valence-electron chi connectivity index (χ1n) is 6.74. The third-order valence-electron chi connectivity index (χ3n) is 2.82. The van der Waals surface area contributed by atoms with Gasteiger partial charge < -0.3 is 9.73 Å². The molecule has 0 saturated carbocycles. The van der Waals surface area contributed by atoms with Crippen LogP contribution >= 0.6 is 27.7 Å². The summed E-state index contributed by atoms with van der Waals surface area (Å²) in [6, 6.07) is 9.18. The van der Waals surface area contributed by atoms with E-state index in [9.17, 15) is 9.18 Å². The number of thioether (sulfide) groups is 1. The molecule has 0 radical (unpaired) electrons. The van der Waals surface area contributed by atoms with Gasteiger partial charge in [0.1, 0.15) is 11.6 Å². The van der Waals surface area contributed by atoms with Crippen molar-refractivity contribution in [3.05, 3.63) is 52.9 Å². The number of rotatable bonds is 5. The fourth-order valence-corrected chi connectivity index (χ4v) is 2.53. The lowest BCUT2D eigenvalue weighted by Crippen LogP contribution is -2.14. The van der Waals surface area contributed by atoms with E-state index in [1.165, 1.54) is 12.1 Å². The zero-order valence-electron chi connectivity index (χ0n) is 12.1. The van der Waals surface area contributed by atoms with E-state index in [1.807, 2.05) is 0 Å². The van der Waals surface area contributed by atoms with Gasteiger partial charge >= 0.3 is 0 Å². The lowest BCUT2D eigenvalue weighted by Gasteiger charge is -2.02. The monoisotopic (exact) mass is 408 g/mol. The average Bonchev–Trinajstić information content (AvgIpc) is 3.05. The maximum absolute atomic E-state index is 12.9. The van der Waals surface area contributed by atoms with Crippen LogP contribution in [0.4, 0.5) is 10.2 Å². The van der Waals surface area contributed by atoms with Crippen molar-refractivity contribution in [2.24, 2.45) is 0 Å². The van der Waals surface area contributed by atoms with Crippen LogP contribution in [0.2, 0.25) is 0 Å². The Morgan fingerprint density at radius 2 is 2.00 bits per heavy atom. The Labute approximate surface area is 149 Å². The number of halogens is 2. The van der Waals surface area contributed by atoms with Crippen LogP contribution in [0.3, 0.4) is 0 Å². The molecule has 2 heterocycles. The number of aromatic nitrogens is 3. The van der Waals surface area contributed by atoms with Crippen molar-refractivity contribution in [2.75, 3.05) is 11.1 Å². The molecule has 0 spiro atoms. The average molecular weight is 409 g/mol. The third-order valence-corrected chi connectivity index (χ3v) is 4.11. The summed E-state index contributed by atoms with van der Waals surface area (Å²) in [5.41, 5.74) is 0.610. The van der Waals surface area contributed by atoms with E-state index in [0.29, 0.717) is 11.4 Å². The van der Waals surface area contributed by atoms with Crippen molar-refractivity contribution in [3.8, 4) is 11.5 Å². The summed E-state index contributed by atoms with van der Waals surface area (Å²) >= 11 is 4.38. The lowest BCUT2D eigenvalue weighted by atomic mass is 10.2. The van der Waals surface area contributed by atoms with Gasteiger partial charge in [-0.2, -0.15) is 0 Å². The Balaban J connectivity index is 1.56. The van der Waals surface area contributed by atoms with Crippen molar-refractivity contribution in [1.29, 1.82) is 0 Å². The van der Waals surface area contributed by atoms with Crippen LogP contribution in [-0.4, -0.2) is 26.8 Å². The molecule has 1 amide bonds. The van der Waals surface area contributed by atoms with Gasteiger partial charge in [0.15, 0.2) is 0 Å². The molecule has 1 aromatic carbocycles. The zero-order chi connectivity index (χ0) is 16.9. The van der Waals surface area contributed by atoms with Gasteiger partial charge in [-0.15, -0.1) is 10.2 Å². The Kier molecular flexibility index (Phi) is 5.21. The van der Waals surface area contributed by atoms with Crippen LogP contribution in [0.15, 0.2) is 56.7 Å². The number of nitrogens with zero attached hydrogens (tertiary/aromatic N) is 3. The predicted octanol–water partition coefficient (Wildman–Crippen LogP) is 3.76. The minimum Gasteiger partial charge on any atom is -0.411 e. The van der Waals surface area contributed by atoms with E-state index in [0.717, 1.165) is 16.2 Å². The lowest BCUT2D eigenvalue weighted by molar-refractivity contribution is -0.113. The van der Waals surface area contributed by atoms with E-state index in [2.05, 4.69) is 36.4 Å². The molecule has 24 heavy (non-hydrogen) atoms. The minimum absolute atomic E-state index is 0.1000. The van der Waals surface area contributed by atoms with Crippen LogP contribution in [0.5, 0.6) is 0 Å². The molecule has 0 bridgehead atoms. The van der Waals surface area contributed by atoms with Crippen molar-refractivity contribution >= 4 is 39.4 Å². The van der Waals surface area contributed by atoms with Gasteiger partial charge in [0, 0.05) is 16.2 Å². The molecule has 0 unspecified atom stereocenters. The number of benzene rings is 1. The molecule has 3 rings (SSSR count). The molecule has 9 heteroatoms. The standard InChI is InChI=1S/C15H10BrFN4O2S/c16-10-3-6-12(18-7-10)19-13(22)8-24-15-21-20-14(23-15)9-1-4-11(17)5-2-9/h1-7H,8H2,(H,18,19,22). The molecule has 1 N–H and O–H groups in total. The Bertz CT molecular complexity index is 839. The van der Waals surface area contributed by atoms with Gasteiger partial charge in [0.05, 0.1) is 5.75 Å². The second-order valence-corrected chi connectivity index (χ2v) is 6.42. The molecule has 0 aliphatic rings. The molecule has 0 fully saturated rings. The Morgan fingerprint density at radius 1 is 1.21 bits per heavy atom. The number of nitrogens with one attached hydrogen (secondary N) is 1. The quantitative estimate of drug-likeness (QED) is 0.647. The van der Waals surface area contributed by atoms with Gasteiger partial charge in [-0.25, -0.2) is 9.37 Å². The zero-order valence-corrected chi connectivity index (χ0v) is 14.5. The van der Waals surface area contributed by atoms with Gasteiger partial charge in [-0.05, 0) is 52.3 Å². The minimum atomic E-state index is -0.342. The largest absolute Gasteiger partial charge is 0.411 e. The number of hydrogen-bond donors (Lipinski definition) is 1. The van der Waals surface area contributed by atoms with E-state index < -0.39 is 0 Å². The van der Waals surface area contributed by atoms with Crippen LogP contribution in [-0.2, 0) is 4.79 Å². The highest BCUT2D eigenvalue weighted by atomic mass is 79.9. The summed E-state index contributed by atoms with van der Waals surface area (Å²) in [4.78, 5) is 15.9. The summed E-state index contributed by atoms with van der Waals surface area (Å²) in [6.45, 7) is 0. The SMILES string of the molecule is O=C(CSc1nnc(-c2ccc(F)cc2)o1)Nc1ccc(Br)cn1. The smallest absolute Gasteiger partial charge is 0.277 e. The van der Waals surface area contributed by atoms with Crippen LogP contribution in [0.1, 0.15) is 0 Å². The number of pyridine rings is 1. The summed E-state index contributed by atoms with van der Waals surface area (Å²) in [6.07, 6.45) is 1.59. The second kappa shape index (κ2) is 7.54. The topological polar surface area (TPSA) is 80.9 Å². The van der Waals surface area contributed by atoms with Gasteiger partial charge in [-0.3, -0.25) is 4.79 Å². The molecular weight excluding hydrogens is 399 g/mol. The number of amides is 1. The van der Waals surface area contributed by atoms with Crippen molar-refractivity contribution in [2.45, 2.75) is 5.22 Å². The number of carbonyl (C=O) groups excluding carboxylic acids is 1. The molecule has 0 aliphatic heterocycles. The van der Waals surface area contributed by atoms with E-state index in [4.69, 9.17) is 4.42 Å². The highest BCUT2D eigenvalue weighted by Gasteiger charge is 2.11. The third kappa shape index (κ3) is 4.39. The second-order valence-electron chi connectivity index (χ2n) is 4.58. The molecule has 2 aromatic heterocycles. The normalized spacial score (nSPS) is 10.6. The van der Waals surface area contributed by atoms with Crippen LogP contribution < -0.4 is 5.32 Å². The highest BCUT2D eigenvalue weighted by molar-refractivity contribution is 9.10. The summed E-state index contributed by atoms with van der Waals surface area (Å²) in [7, 11) is 0. The maximum atomic E-state index is 12.9. The van der Waals surface area contributed by atoms with Crippen LogP contribution in [0, 0.1) is 5.82 Å². The fraction of sp³-hybridized carbons (Fsp3) is 0.0667. The maximum Gasteiger partial charge on any atom is 0.277 e. The molecule has 6 nitrogen and oxygen atoms in total. The summed E-state index contributed by atoms with van der Waals surface area (Å²) < 4.78 is 19.2. The first-order valence-corrected chi connectivity index (χ1v) is 8.52. The summed E-state index contributed by atoms with van der Waals surface area (Å²) in [5, 5.41) is 10.7. The van der Waals surface area contributed by atoms with Crippen molar-refractivity contribution in [3.63, 3.8) is 0 Å². The predicted molar refractivity (Wildman–Crippen MR) is 91.0 cm³/mol. The Morgan fingerprint density at radius 3 is 2.71 bits per heavy atom. The Hall–Kier alpha value is -2.26. The summed E-state index contributed by atoms with van der Waals surface area (Å²) in [5.74, 6) is 0.249. The number of anilines is 1. The van der Waals surface area contributed by atoms with Gasteiger partial charge in [-0.1, -0.05) is 11.8 Å². The molecule has 3 aromatic rings.